The lowest BCUT2D eigenvalue weighted by molar-refractivity contribution is 0.146. The van der Waals surface area contributed by atoms with Crippen LogP contribution in [0.3, 0.4) is 0 Å². The van der Waals surface area contributed by atoms with Gasteiger partial charge < -0.3 is 24.3 Å². The molecule has 1 N–H and O–H groups in total. The number of rotatable bonds is 8. The number of pyridine rings is 1. The van der Waals surface area contributed by atoms with Crippen molar-refractivity contribution in [2.45, 2.75) is 39.4 Å². The standard InChI is InChI=1S/C25H29ClN4O2S/c1-5-29-16(2)14-19(17(29)3)24-23(21-8-6-7-11-27-21)28-25(33)30(24)18-9-10-22(20(26)15-18)32-13-12-31-4/h6-11,14-15,23-24H,5,12-13H2,1-4H3,(H,28,33). The number of hydrogen-bond donors (Lipinski definition) is 1. The summed E-state index contributed by atoms with van der Waals surface area (Å²) < 4.78 is 13.1. The number of nitrogens with zero attached hydrogens (tertiary/aromatic N) is 3. The van der Waals surface area contributed by atoms with Crippen molar-refractivity contribution in [2.75, 3.05) is 25.2 Å². The van der Waals surface area contributed by atoms with Crippen molar-refractivity contribution in [2.24, 2.45) is 0 Å². The molecule has 0 aliphatic carbocycles. The Morgan fingerprint density at radius 1 is 1.15 bits per heavy atom. The molecule has 1 saturated heterocycles. The Labute approximate surface area is 205 Å². The molecule has 2 aromatic heterocycles. The van der Waals surface area contributed by atoms with E-state index in [1.165, 1.54) is 17.0 Å². The lowest BCUT2D eigenvalue weighted by Gasteiger charge is -2.28. The summed E-state index contributed by atoms with van der Waals surface area (Å²) in [4.78, 5) is 6.78. The molecule has 3 heterocycles. The Morgan fingerprint density at radius 2 is 1.97 bits per heavy atom. The van der Waals surface area contributed by atoms with Crippen LogP contribution in [0.5, 0.6) is 5.75 Å². The lowest BCUT2D eigenvalue weighted by Crippen LogP contribution is -2.29. The number of anilines is 1. The normalized spacial score (nSPS) is 18.0. The minimum Gasteiger partial charge on any atom is -0.490 e. The van der Waals surface area contributed by atoms with E-state index in [0.29, 0.717) is 29.1 Å². The van der Waals surface area contributed by atoms with E-state index >= 15 is 0 Å². The summed E-state index contributed by atoms with van der Waals surface area (Å²) in [7, 11) is 1.64. The molecule has 174 valence electrons. The summed E-state index contributed by atoms with van der Waals surface area (Å²) in [6.07, 6.45) is 1.82. The topological polar surface area (TPSA) is 51.6 Å². The zero-order chi connectivity index (χ0) is 23.5. The van der Waals surface area contributed by atoms with Gasteiger partial charge in [-0.25, -0.2) is 0 Å². The van der Waals surface area contributed by atoms with Crippen molar-refractivity contribution in [3.63, 3.8) is 0 Å². The fraction of sp³-hybridized carbons (Fsp3) is 0.360. The van der Waals surface area contributed by atoms with Crippen LogP contribution in [0.25, 0.3) is 0 Å². The van der Waals surface area contributed by atoms with Crippen LogP contribution in [0.4, 0.5) is 5.69 Å². The Hall–Kier alpha value is -2.61. The van der Waals surface area contributed by atoms with Gasteiger partial charge in [-0.2, -0.15) is 0 Å². The SMILES string of the molecule is CCn1c(C)cc(C2C(c3ccccn3)NC(=S)N2c2ccc(OCCOC)c(Cl)c2)c1C. The number of aromatic nitrogens is 2. The summed E-state index contributed by atoms with van der Waals surface area (Å²) >= 11 is 12.4. The Bertz CT molecular complexity index is 1130. The first-order valence-electron chi connectivity index (χ1n) is 11.0. The quantitative estimate of drug-likeness (QED) is 0.342. The largest absolute Gasteiger partial charge is 0.490 e. The Balaban J connectivity index is 1.77. The maximum atomic E-state index is 6.59. The second-order valence-corrected chi connectivity index (χ2v) is 8.82. The van der Waals surface area contributed by atoms with Gasteiger partial charge in [0, 0.05) is 36.9 Å². The molecule has 1 aromatic carbocycles. The summed E-state index contributed by atoms with van der Waals surface area (Å²) in [6.45, 7) is 8.32. The Kier molecular flexibility index (Phi) is 7.22. The van der Waals surface area contributed by atoms with E-state index in [4.69, 9.17) is 33.3 Å². The van der Waals surface area contributed by atoms with Gasteiger partial charge in [-0.15, -0.1) is 0 Å². The maximum Gasteiger partial charge on any atom is 0.174 e. The van der Waals surface area contributed by atoms with E-state index < -0.39 is 0 Å². The number of aryl methyl sites for hydroxylation is 1. The molecule has 2 unspecified atom stereocenters. The number of methoxy groups -OCH3 is 1. The number of hydrogen-bond acceptors (Lipinski definition) is 4. The Morgan fingerprint density at radius 3 is 2.61 bits per heavy atom. The molecule has 2 atom stereocenters. The molecule has 33 heavy (non-hydrogen) atoms. The van der Waals surface area contributed by atoms with Crippen molar-refractivity contribution in [1.82, 2.24) is 14.9 Å². The zero-order valence-corrected chi connectivity index (χ0v) is 20.9. The first kappa shape index (κ1) is 23.5. The average molecular weight is 485 g/mol. The van der Waals surface area contributed by atoms with Crippen LogP contribution in [0.2, 0.25) is 5.02 Å². The average Bonchev–Trinajstić information content (AvgIpc) is 3.30. The van der Waals surface area contributed by atoms with Crippen LogP contribution in [0, 0.1) is 13.8 Å². The molecule has 0 bridgehead atoms. The second-order valence-electron chi connectivity index (χ2n) is 8.02. The predicted molar refractivity (Wildman–Crippen MR) is 136 cm³/mol. The molecule has 1 aliphatic rings. The molecule has 0 radical (unpaired) electrons. The lowest BCUT2D eigenvalue weighted by atomic mass is 9.96. The van der Waals surface area contributed by atoms with Gasteiger partial charge in [0.15, 0.2) is 5.11 Å². The van der Waals surface area contributed by atoms with Gasteiger partial charge in [-0.05, 0) is 75.0 Å². The first-order valence-corrected chi connectivity index (χ1v) is 11.8. The van der Waals surface area contributed by atoms with Gasteiger partial charge in [0.05, 0.1) is 29.4 Å². The third-order valence-electron chi connectivity index (χ3n) is 6.08. The van der Waals surface area contributed by atoms with Crippen LogP contribution in [0.15, 0.2) is 48.7 Å². The summed E-state index contributed by atoms with van der Waals surface area (Å²) in [5, 5.41) is 4.68. The fourth-order valence-corrected chi connectivity index (χ4v) is 5.13. The van der Waals surface area contributed by atoms with Crippen LogP contribution in [-0.2, 0) is 11.3 Å². The van der Waals surface area contributed by atoms with Gasteiger partial charge >= 0.3 is 0 Å². The van der Waals surface area contributed by atoms with Crippen molar-refractivity contribution >= 4 is 34.6 Å². The first-order chi connectivity index (χ1) is 16.0. The van der Waals surface area contributed by atoms with Gasteiger partial charge in [0.1, 0.15) is 12.4 Å². The number of ether oxygens (including phenoxy) is 2. The highest BCUT2D eigenvalue weighted by atomic mass is 35.5. The third kappa shape index (κ3) is 4.58. The molecule has 3 aromatic rings. The van der Waals surface area contributed by atoms with Gasteiger partial charge in [-0.1, -0.05) is 17.7 Å². The smallest absolute Gasteiger partial charge is 0.174 e. The van der Waals surface area contributed by atoms with Crippen molar-refractivity contribution in [3.05, 3.63) is 76.3 Å². The van der Waals surface area contributed by atoms with E-state index in [2.05, 4.69) is 46.6 Å². The molecule has 1 aliphatic heterocycles. The molecule has 6 nitrogen and oxygen atoms in total. The number of thiocarbonyl (C=S) groups is 1. The van der Waals surface area contributed by atoms with E-state index in [-0.39, 0.29) is 12.1 Å². The molecule has 0 spiro atoms. The third-order valence-corrected chi connectivity index (χ3v) is 6.69. The highest BCUT2D eigenvalue weighted by Gasteiger charge is 2.42. The van der Waals surface area contributed by atoms with Crippen LogP contribution < -0.4 is 15.0 Å². The molecule has 8 heteroatoms. The monoisotopic (exact) mass is 484 g/mol. The highest BCUT2D eigenvalue weighted by Crippen LogP contribution is 2.44. The zero-order valence-electron chi connectivity index (χ0n) is 19.3. The number of halogens is 1. The maximum absolute atomic E-state index is 6.59. The van der Waals surface area contributed by atoms with Gasteiger partial charge in [0.2, 0.25) is 0 Å². The summed E-state index contributed by atoms with van der Waals surface area (Å²) in [6, 6.07) is 13.8. The molecule has 0 saturated carbocycles. The number of nitrogens with one attached hydrogen (secondary N) is 1. The van der Waals surface area contributed by atoms with Crippen LogP contribution >= 0.6 is 23.8 Å². The van der Waals surface area contributed by atoms with E-state index in [9.17, 15) is 0 Å². The molecule has 0 amide bonds. The van der Waals surface area contributed by atoms with Crippen molar-refractivity contribution < 1.29 is 9.47 Å². The molecule has 4 rings (SSSR count). The predicted octanol–water partition coefficient (Wildman–Crippen LogP) is 5.38. The fourth-order valence-electron chi connectivity index (χ4n) is 4.55. The molecular weight excluding hydrogens is 456 g/mol. The minimum absolute atomic E-state index is 0.0739. The van der Waals surface area contributed by atoms with Crippen molar-refractivity contribution in [1.29, 1.82) is 0 Å². The van der Waals surface area contributed by atoms with Crippen LogP contribution in [-0.4, -0.2) is 35.0 Å². The minimum atomic E-state index is -0.0964. The van der Waals surface area contributed by atoms with E-state index in [1.54, 1.807) is 7.11 Å². The van der Waals surface area contributed by atoms with Gasteiger partial charge in [0.25, 0.3) is 0 Å². The molecule has 1 fully saturated rings. The summed E-state index contributed by atoms with van der Waals surface area (Å²) in [5.41, 5.74) is 5.51. The van der Waals surface area contributed by atoms with Crippen LogP contribution in [0.1, 0.15) is 41.7 Å². The number of benzene rings is 1. The molecular formula is C25H29ClN4O2S. The van der Waals surface area contributed by atoms with Crippen molar-refractivity contribution in [3.8, 4) is 5.75 Å². The summed E-state index contributed by atoms with van der Waals surface area (Å²) in [5.74, 6) is 0.623. The van der Waals surface area contributed by atoms with E-state index in [1.807, 2.05) is 42.6 Å². The second kappa shape index (κ2) is 10.1. The van der Waals surface area contributed by atoms with E-state index in [0.717, 1.165) is 17.9 Å². The highest BCUT2D eigenvalue weighted by molar-refractivity contribution is 7.80. The van der Waals surface area contributed by atoms with Gasteiger partial charge in [-0.3, -0.25) is 4.98 Å².